The number of amides is 1. The van der Waals surface area contributed by atoms with Gasteiger partial charge in [0.15, 0.2) is 6.10 Å². The van der Waals surface area contributed by atoms with Crippen molar-refractivity contribution in [1.29, 1.82) is 0 Å². The first-order valence-corrected chi connectivity index (χ1v) is 10.1. The van der Waals surface area contributed by atoms with E-state index in [4.69, 9.17) is 18.9 Å². The molecule has 1 aliphatic rings. The molecule has 7 nitrogen and oxygen atoms in total. The first-order chi connectivity index (χ1) is 15.5. The van der Waals surface area contributed by atoms with Gasteiger partial charge in [-0.3, -0.25) is 4.90 Å². The van der Waals surface area contributed by atoms with E-state index in [1.165, 1.54) is 4.90 Å². The molecule has 32 heavy (non-hydrogen) atoms. The molecule has 166 valence electrons. The van der Waals surface area contributed by atoms with Crippen LogP contribution in [0.5, 0.6) is 17.2 Å². The number of methoxy groups -OCH3 is 3. The van der Waals surface area contributed by atoms with E-state index < -0.39 is 17.9 Å². The molecule has 1 saturated heterocycles. The van der Waals surface area contributed by atoms with E-state index in [2.05, 4.69) is 0 Å². The molecule has 1 aliphatic heterocycles. The third-order valence-electron chi connectivity index (χ3n) is 5.62. The van der Waals surface area contributed by atoms with Crippen molar-refractivity contribution in [3.8, 4) is 17.2 Å². The van der Waals surface area contributed by atoms with Gasteiger partial charge in [0.05, 0.1) is 27.9 Å². The monoisotopic (exact) mass is 435 g/mol. The second kappa shape index (κ2) is 8.80. The van der Waals surface area contributed by atoms with E-state index in [9.17, 15) is 9.90 Å². The van der Waals surface area contributed by atoms with E-state index in [0.717, 1.165) is 5.56 Å². The van der Waals surface area contributed by atoms with Crippen LogP contribution in [0.3, 0.4) is 0 Å². The summed E-state index contributed by atoms with van der Waals surface area (Å²) in [6.45, 7) is 0.130. The predicted octanol–water partition coefficient (Wildman–Crippen LogP) is 4.25. The van der Waals surface area contributed by atoms with Crippen LogP contribution in [-0.2, 0) is 17.0 Å². The van der Waals surface area contributed by atoms with Crippen molar-refractivity contribution >= 4 is 6.09 Å². The largest absolute Gasteiger partial charge is 0.497 e. The Morgan fingerprint density at radius 3 is 2.06 bits per heavy atom. The zero-order valence-corrected chi connectivity index (χ0v) is 18.1. The van der Waals surface area contributed by atoms with Crippen LogP contribution in [-0.4, -0.2) is 37.4 Å². The number of benzene rings is 3. The van der Waals surface area contributed by atoms with Crippen molar-refractivity contribution in [2.75, 3.05) is 21.3 Å². The Balaban J connectivity index is 1.78. The average Bonchev–Trinajstić information content (AvgIpc) is 3.10. The molecular formula is C25H25NO6. The van der Waals surface area contributed by atoms with Crippen LogP contribution in [0.2, 0.25) is 0 Å². The molecular weight excluding hydrogens is 410 g/mol. The first-order valence-electron chi connectivity index (χ1n) is 10.1. The first kappa shape index (κ1) is 21.5. The Morgan fingerprint density at radius 2 is 1.47 bits per heavy atom. The number of rotatable bonds is 7. The second-order valence-electron chi connectivity index (χ2n) is 7.43. The quantitative estimate of drug-likeness (QED) is 0.598. The molecule has 1 N–H and O–H groups in total. The topological polar surface area (TPSA) is 77.5 Å². The summed E-state index contributed by atoms with van der Waals surface area (Å²) < 4.78 is 21.5. The summed E-state index contributed by atoms with van der Waals surface area (Å²) in [5.41, 5.74) is 0.197. The molecule has 0 aromatic heterocycles. The van der Waals surface area contributed by atoms with E-state index in [1.54, 1.807) is 69.9 Å². The Labute approximate surface area is 186 Å². The summed E-state index contributed by atoms with van der Waals surface area (Å²) in [6, 6.07) is 21.4. The van der Waals surface area contributed by atoms with Gasteiger partial charge in [-0.2, -0.15) is 0 Å². The molecule has 3 aromatic rings. The molecule has 1 fully saturated rings. The Hall–Kier alpha value is -3.71. The highest BCUT2D eigenvalue weighted by Crippen LogP contribution is 2.47. The molecule has 0 aliphatic carbocycles. The van der Waals surface area contributed by atoms with Crippen molar-refractivity contribution in [2.24, 2.45) is 0 Å². The summed E-state index contributed by atoms with van der Waals surface area (Å²) in [5.74, 6) is 1.97. The molecule has 1 heterocycles. The van der Waals surface area contributed by atoms with Crippen LogP contribution in [0.1, 0.15) is 22.8 Å². The minimum Gasteiger partial charge on any atom is -0.497 e. The lowest BCUT2D eigenvalue weighted by molar-refractivity contribution is -0.113. The van der Waals surface area contributed by atoms with Crippen molar-refractivity contribution in [1.82, 2.24) is 4.90 Å². The highest BCUT2D eigenvalue weighted by Gasteiger charge is 2.56. The molecule has 1 amide bonds. The fourth-order valence-electron chi connectivity index (χ4n) is 3.89. The smallest absolute Gasteiger partial charge is 0.413 e. The number of ether oxygens (including phenoxy) is 4. The van der Waals surface area contributed by atoms with Crippen LogP contribution < -0.4 is 14.2 Å². The predicted molar refractivity (Wildman–Crippen MR) is 118 cm³/mol. The molecule has 0 bridgehead atoms. The SMILES string of the molecule is COc1ccc([C@@H]2OC(=O)N(Cc3cccc(OC)c3)[C@]2(O)c2ccc(OC)cc2)cc1. The zero-order valence-electron chi connectivity index (χ0n) is 18.1. The number of hydrogen-bond donors (Lipinski definition) is 1. The highest BCUT2D eigenvalue weighted by atomic mass is 16.6. The number of hydrogen-bond acceptors (Lipinski definition) is 6. The molecule has 0 saturated carbocycles. The van der Waals surface area contributed by atoms with Crippen LogP contribution in [0.15, 0.2) is 72.8 Å². The lowest BCUT2D eigenvalue weighted by atomic mass is 9.91. The molecule has 0 unspecified atom stereocenters. The summed E-state index contributed by atoms with van der Waals surface area (Å²) in [7, 11) is 4.73. The standard InChI is InChI=1S/C25H25NO6/c1-29-20-11-7-18(8-12-20)23-25(28,19-9-13-21(30-2)14-10-19)26(24(27)32-23)16-17-5-4-6-22(15-17)31-3/h4-15,23,28H,16H2,1-3H3/t23-,25-/m0/s1. The number of nitrogens with zero attached hydrogens (tertiary/aromatic N) is 1. The fraction of sp³-hybridized carbons (Fsp3) is 0.240. The maximum atomic E-state index is 13.0. The second-order valence-corrected chi connectivity index (χ2v) is 7.43. The molecule has 4 rings (SSSR count). The van der Waals surface area contributed by atoms with Crippen LogP contribution >= 0.6 is 0 Å². The van der Waals surface area contributed by atoms with Crippen LogP contribution in [0.25, 0.3) is 0 Å². The Bertz CT molecular complexity index is 1080. The van der Waals surface area contributed by atoms with Gasteiger partial charge in [0, 0.05) is 5.56 Å². The van der Waals surface area contributed by atoms with E-state index in [0.29, 0.717) is 28.4 Å². The van der Waals surface area contributed by atoms with Gasteiger partial charge in [-0.1, -0.05) is 36.4 Å². The molecule has 2 atom stereocenters. The van der Waals surface area contributed by atoms with Gasteiger partial charge in [0.2, 0.25) is 5.72 Å². The molecule has 7 heteroatoms. The van der Waals surface area contributed by atoms with E-state index >= 15 is 0 Å². The maximum absolute atomic E-state index is 13.0. The van der Waals surface area contributed by atoms with Crippen molar-refractivity contribution in [3.63, 3.8) is 0 Å². The third-order valence-corrected chi connectivity index (χ3v) is 5.62. The fourth-order valence-corrected chi connectivity index (χ4v) is 3.89. The van der Waals surface area contributed by atoms with Crippen LogP contribution in [0, 0.1) is 0 Å². The molecule has 0 spiro atoms. The lowest BCUT2D eigenvalue weighted by Gasteiger charge is -2.35. The van der Waals surface area contributed by atoms with Gasteiger partial charge < -0.3 is 24.1 Å². The number of carbonyl (C=O) groups is 1. The van der Waals surface area contributed by atoms with Gasteiger partial charge in [0.25, 0.3) is 0 Å². The molecule has 3 aromatic carbocycles. The van der Waals surface area contributed by atoms with Crippen molar-refractivity contribution < 1.29 is 28.8 Å². The Morgan fingerprint density at radius 1 is 0.875 bits per heavy atom. The summed E-state index contributed by atoms with van der Waals surface area (Å²) in [5, 5.41) is 12.1. The highest BCUT2D eigenvalue weighted by molar-refractivity contribution is 5.72. The molecule has 0 radical (unpaired) electrons. The van der Waals surface area contributed by atoms with Gasteiger partial charge in [-0.25, -0.2) is 4.79 Å². The van der Waals surface area contributed by atoms with Crippen molar-refractivity contribution in [2.45, 2.75) is 18.4 Å². The minimum atomic E-state index is -1.75. The number of cyclic esters (lactones) is 1. The maximum Gasteiger partial charge on any atom is 0.413 e. The average molecular weight is 435 g/mol. The zero-order chi connectivity index (χ0) is 22.7. The summed E-state index contributed by atoms with van der Waals surface area (Å²) in [4.78, 5) is 14.3. The van der Waals surface area contributed by atoms with Gasteiger partial charge in [0.1, 0.15) is 17.2 Å². The van der Waals surface area contributed by atoms with Gasteiger partial charge in [-0.15, -0.1) is 0 Å². The van der Waals surface area contributed by atoms with Gasteiger partial charge >= 0.3 is 6.09 Å². The van der Waals surface area contributed by atoms with Gasteiger partial charge in [-0.05, 0) is 47.5 Å². The van der Waals surface area contributed by atoms with E-state index in [-0.39, 0.29) is 6.54 Å². The minimum absolute atomic E-state index is 0.130. The number of aliphatic hydroxyl groups is 1. The van der Waals surface area contributed by atoms with Crippen LogP contribution in [0.4, 0.5) is 4.79 Å². The summed E-state index contributed by atoms with van der Waals surface area (Å²) >= 11 is 0. The Kier molecular flexibility index (Phi) is 5.92. The van der Waals surface area contributed by atoms with E-state index in [1.807, 2.05) is 24.3 Å². The third kappa shape index (κ3) is 3.83. The normalized spacial score (nSPS) is 20.1. The summed E-state index contributed by atoms with van der Waals surface area (Å²) in [6.07, 6.45) is -1.56. The number of carbonyl (C=O) groups excluding carboxylic acids is 1. The van der Waals surface area contributed by atoms with Crippen molar-refractivity contribution in [3.05, 3.63) is 89.5 Å². The lowest BCUT2D eigenvalue weighted by Crippen LogP contribution is -2.45.